The number of allylic oxidation sites excluding steroid dienone is 4. The predicted octanol–water partition coefficient (Wildman–Crippen LogP) is 5.52. The lowest BCUT2D eigenvalue weighted by molar-refractivity contribution is 1.03. The van der Waals surface area contributed by atoms with Gasteiger partial charge >= 0.3 is 0 Å². The average molecular weight is 340 g/mol. The van der Waals surface area contributed by atoms with Crippen LogP contribution in [0.3, 0.4) is 0 Å². The van der Waals surface area contributed by atoms with Gasteiger partial charge in [0.15, 0.2) is 0 Å². The quantitative estimate of drug-likeness (QED) is 0.725. The number of hydrogen-bond donors (Lipinski definition) is 0. The molecule has 0 atom stereocenters. The van der Waals surface area contributed by atoms with Crippen LogP contribution in [0, 0.1) is 13.8 Å². The molecule has 2 heterocycles. The van der Waals surface area contributed by atoms with E-state index in [4.69, 9.17) is 0 Å². The Morgan fingerprint density at radius 1 is 0.615 bits per heavy atom. The molecule has 0 N–H and O–H groups in total. The average Bonchev–Trinajstić information content (AvgIpc) is 2.69. The standard InChI is InChI=1S/C24H24N2/c1-19-7-3-5-9-23(19)25-15-11-21(12-16-25)22-13-17-26(18-14-22)24-10-6-4-8-20(24)2/h3-15,17H,16,18H2,1-2H3. The molecule has 2 aromatic carbocycles. The van der Waals surface area contributed by atoms with E-state index >= 15 is 0 Å². The maximum Gasteiger partial charge on any atom is 0.0438 e. The second kappa shape index (κ2) is 7.09. The van der Waals surface area contributed by atoms with Crippen molar-refractivity contribution in [3.8, 4) is 0 Å². The number of rotatable bonds is 3. The summed E-state index contributed by atoms with van der Waals surface area (Å²) in [6.07, 6.45) is 13.4. The summed E-state index contributed by atoms with van der Waals surface area (Å²) in [6, 6.07) is 17.1. The van der Waals surface area contributed by atoms with Crippen LogP contribution in [0.1, 0.15) is 11.1 Å². The molecule has 0 spiro atoms. The summed E-state index contributed by atoms with van der Waals surface area (Å²) in [5.74, 6) is 0. The molecular weight excluding hydrogens is 316 g/mol. The highest BCUT2D eigenvalue weighted by molar-refractivity contribution is 5.62. The number of hydrogen-bond acceptors (Lipinski definition) is 2. The largest absolute Gasteiger partial charge is 0.344 e. The minimum Gasteiger partial charge on any atom is -0.344 e. The van der Waals surface area contributed by atoms with Gasteiger partial charge in [-0.2, -0.15) is 0 Å². The van der Waals surface area contributed by atoms with Crippen molar-refractivity contribution in [2.45, 2.75) is 13.8 Å². The third-order valence-electron chi connectivity index (χ3n) is 5.07. The molecule has 2 nitrogen and oxygen atoms in total. The second-order valence-electron chi connectivity index (χ2n) is 6.83. The van der Waals surface area contributed by atoms with Crippen LogP contribution >= 0.6 is 0 Å². The summed E-state index contributed by atoms with van der Waals surface area (Å²) in [6.45, 7) is 6.14. The zero-order valence-corrected chi connectivity index (χ0v) is 15.4. The van der Waals surface area contributed by atoms with Crippen molar-refractivity contribution >= 4 is 11.4 Å². The fraction of sp³-hybridized carbons (Fsp3) is 0.167. The van der Waals surface area contributed by atoms with Gasteiger partial charge in [-0.15, -0.1) is 0 Å². The monoisotopic (exact) mass is 340 g/mol. The van der Waals surface area contributed by atoms with Gasteiger partial charge in [0, 0.05) is 36.9 Å². The SMILES string of the molecule is Cc1ccccc1N1C=CC(C2=CCN(c3ccccc3C)C=C2)=CC1. The Labute approximate surface area is 156 Å². The molecule has 2 aliphatic heterocycles. The molecule has 4 rings (SSSR count). The fourth-order valence-electron chi connectivity index (χ4n) is 3.55. The summed E-state index contributed by atoms with van der Waals surface area (Å²) in [7, 11) is 0. The molecular formula is C24H24N2. The van der Waals surface area contributed by atoms with E-state index in [1.54, 1.807) is 0 Å². The van der Waals surface area contributed by atoms with Crippen LogP contribution in [0.4, 0.5) is 11.4 Å². The van der Waals surface area contributed by atoms with Gasteiger partial charge in [0.2, 0.25) is 0 Å². The second-order valence-corrected chi connectivity index (χ2v) is 6.83. The van der Waals surface area contributed by atoms with E-state index in [1.165, 1.54) is 33.6 Å². The topological polar surface area (TPSA) is 6.48 Å². The lowest BCUT2D eigenvalue weighted by Crippen LogP contribution is -2.22. The molecule has 0 radical (unpaired) electrons. The maximum atomic E-state index is 2.31. The lowest BCUT2D eigenvalue weighted by atomic mass is 10.0. The minimum absolute atomic E-state index is 0.906. The molecule has 0 amide bonds. The molecule has 130 valence electrons. The smallest absolute Gasteiger partial charge is 0.0438 e. The first-order chi connectivity index (χ1) is 12.7. The normalized spacial score (nSPS) is 16.5. The number of benzene rings is 2. The Kier molecular flexibility index (Phi) is 4.49. The molecule has 0 fully saturated rings. The maximum absolute atomic E-state index is 2.31. The van der Waals surface area contributed by atoms with Crippen LogP contribution in [0.15, 0.2) is 96.4 Å². The Hall–Kier alpha value is -3.00. The predicted molar refractivity (Wildman–Crippen MR) is 111 cm³/mol. The number of nitrogens with zero attached hydrogens (tertiary/aromatic N) is 2. The summed E-state index contributed by atoms with van der Waals surface area (Å²) in [4.78, 5) is 4.59. The van der Waals surface area contributed by atoms with E-state index in [2.05, 4.69) is 109 Å². The van der Waals surface area contributed by atoms with Gasteiger partial charge < -0.3 is 9.80 Å². The molecule has 2 aliphatic rings. The van der Waals surface area contributed by atoms with Crippen molar-refractivity contribution < 1.29 is 0 Å². The highest BCUT2D eigenvalue weighted by Gasteiger charge is 2.13. The van der Waals surface area contributed by atoms with Gasteiger partial charge in [0.05, 0.1) is 0 Å². The zero-order valence-electron chi connectivity index (χ0n) is 15.4. The van der Waals surface area contributed by atoms with Gasteiger partial charge in [0.25, 0.3) is 0 Å². The summed E-state index contributed by atoms with van der Waals surface area (Å²) < 4.78 is 0. The number of para-hydroxylation sites is 2. The van der Waals surface area contributed by atoms with E-state index < -0.39 is 0 Å². The third kappa shape index (κ3) is 3.23. The van der Waals surface area contributed by atoms with Gasteiger partial charge in [-0.05, 0) is 60.4 Å². The summed E-state index contributed by atoms with van der Waals surface area (Å²) in [5, 5.41) is 0. The first-order valence-electron chi connectivity index (χ1n) is 9.14. The van der Waals surface area contributed by atoms with Crippen LogP contribution in [0.2, 0.25) is 0 Å². The van der Waals surface area contributed by atoms with E-state index in [0.717, 1.165) is 13.1 Å². The Balaban J connectivity index is 1.46. The summed E-state index contributed by atoms with van der Waals surface area (Å²) >= 11 is 0. The molecule has 2 aromatic rings. The van der Waals surface area contributed by atoms with Gasteiger partial charge in [0.1, 0.15) is 0 Å². The van der Waals surface area contributed by atoms with Crippen LogP contribution in [0.5, 0.6) is 0 Å². The highest BCUT2D eigenvalue weighted by atomic mass is 15.1. The van der Waals surface area contributed by atoms with Crippen molar-refractivity contribution in [2.75, 3.05) is 22.9 Å². The Morgan fingerprint density at radius 3 is 1.38 bits per heavy atom. The van der Waals surface area contributed by atoms with Crippen molar-refractivity contribution in [1.29, 1.82) is 0 Å². The number of anilines is 2. The minimum atomic E-state index is 0.906. The molecule has 0 saturated heterocycles. The zero-order chi connectivity index (χ0) is 17.9. The third-order valence-corrected chi connectivity index (χ3v) is 5.07. The molecule has 2 heteroatoms. The van der Waals surface area contributed by atoms with E-state index in [9.17, 15) is 0 Å². The van der Waals surface area contributed by atoms with E-state index in [-0.39, 0.29) is 0 Å². The fourth-order valence-corrected chi connectivity index (χ4v) is 3.55. The Bertz CT molecular complexity index is 853. The van der Waals surface area contributed by atoms with Gasteiger partial charge in [-0.1, -0.05) is 48.6 Å². The molecule has 0 bridgehead atoms. The Morgan fingerprint density at radius 2 is 1.04 bits per heavy atom. The lowest BCUT2D eigenvalue weighted by Gasteiger charge is -2.27. The molecule has 0 aliphatic carbocycles. The molecule has 0 saturated carbocycles. The summed E-state index contributed by atoms with van der Waals surface area (Å²) in [5.41, 5.74) is 7.77. The van der Waals surface area contributed by atoms with Crippen LogP contribution < -0.4 is 9.80 Å². The number of aryl methyl sites for hydroxylation is 2. The van der Waals surface area contributed by atoms with Crippen molar-refractivity contribution in [2.24, 2.45) is 0 Å². The van der Waals surface area contributed by atoms with Crippen LogP contribution in [-0.2, 0) is 0 Å². The first kappa shape index (κ1) is 16.5. The van der Waals surface area contributed by atoms with Crippen molar-refractivity contribution in [3.63, 3.8) is 0 Å². The first-order valence-corrected chi connectivity index (χ1v) is 9.14. The van der Waals surface area contributed by atoms with E-state index in [0.29, 0.717) is 0 Å². The van der Waals surface area contributed by atoms with Gasteiger partial charge in [-0.3, -0.25) is 0 Å². The molecule has 0 aromatic heterocycles. The van der Waals surface area contributed by atoms with Crippen molar-refractivity contribution in [3.05, 3.63) is 108 Å². The molecule has 26 heavy (non-hydrogen) atoms. The highest BCUT2D eigenvalue weighted by Crippen LogP contribution is 2.27. The van der Waals surface area contributed by atoms with Crippen LogP contribution in [0.25, 0.3) is 0 Å². The van der Waals surface area contributed by atoms with E-state index in [1.807, 2.05) is 0 Å². The van der Waals surface area contributed by atoms with Gasteiger partial charge in [-0.25, -0.2) is 0 Å². The molecule has 0 unspecified atom stereocenters. The van der Waals surface area contributed by atoms with Crippen molar-refractivity contribution in [1.82, 2.24) is 0 Å². The van der Waals surface area contributed by atoms with Crippen LogP contribution in [-0.4, -0.2) is 13.1 Å².